The van der Waals surface area contributed by atoms with Crippen LogP contribution < -0.4 is 11.3 Å². The van der Waals surface area contributed by atoms with Crippen LogP contribution in [-0.2, 0) is 13.5 Å². The fraction of sp³-hybridized carbons (Fsp3) is 0.250. The van der Waals surface area contributed by atoms with E-state index in [1.165, 1.54) is 12.1 Å². The number of halogens is 1. The Hall–Kier alpha value is -1.72. The summed E-state index contributed by atoms with van der Waals surface area (Å²) in [6, 6.07) is 6.37. The summed E-state index contributed by atoms with van der Waals surface area (Å²) in [5.74, 6) is 6.11. The van der Waals surface area contributed by atoms with Gasteiger partial charge in [-0.3, -0.25) is 5.84 Å². The van der Waals surface area contributed by atoms with Crippen LogP contribution in [0.5, 0.6) is 0 Å². The molecule has 1 atom stereocenters. The third-order valence-corrected chi connectivity index (χ3v) is 2.70. The van der Waals surface area contributed by atoms with Gasteiger partial charge in [-0.15, -0.1) is 0 Å². The van der Waals surface area contributed by atoms with Gasteiger partial charge in [0.25, 0.3) is 0 Å². The molecule has 0 aliphatic carbocycles. The maximum atomic E-state index is 13.1. The van der Waals surface area contributed by atoms with E-state index in [0.717, 1.165) is 11.4 Å². The van der Waals surface area contributed by atoms with Gasteiger partial charge in [-0.05, 0) is 24.1 Å². The molecule has 0 spiro atoms. The third kappa shape index (κ3) is 2.69. The average molecular weight is 234 g/mol. The lowest BCUT2D eigenvalue weighted by Crippen LogP contribution is -2.31. The van der Waals surface area contributed by atoms with Crippen molar-refractivity contribution >= 4 is 0 Å². The summed E-state index contributed by atoms with van der Waals surface area (Å²) in [5.41, 5.74) is 3.59. The van der Waals surface area contributed by atoms with Gasteiger partial charge in [0.15, 0.2) is 0 Å². The summed E-state index contributed by atoms with van der Waals surface area (Å²) in [5, 5.41) is 0. The van der Waals surface area contributed by atoms with Crippen LogP contribution in [-0.4, -0.2) is 9.55 Å². The van der Waals surface area contributed by atoms with Crippen molar-refractivity contribution in [2.24, 2.45) is 12.9 Å². The van der Waals surface area contributed by atoms with Crippen molar-refractivity contribution in [2.45, 2.75) is 12.5 Å². The Labute approximate surface area is 99.2 Å². The van der Waals surface area contributed by atoms with Crippen molar-refractivity contribution in [2.75, 3.05) is 0 Å². The number of nitrogens with one attached hydrogen (secondary N) is 1. The number of aryl methyl sites for hydroxylation is 1. The van der Waals surface area contributed by atoms with Gasteiger partial charge < -0.3 is 4.57 Å². The van der Waals surface area contributed by atoms with Gasteiger partial charge in [-0.1, -0.05) is 12.1 Å². The number of benzene rings is 1. The molecule has 0 radical (unpaired) electrons. The van der Waals surface area contributed by atoms with Gasteiger partial charge in [-0.2, -0.15) is 0 Å². The Morgan fingerprint density at radius 2 is 2.35 bits per heavy atom. The van der Waals surface area contributed by atoms with Crippen molar-refractivity contribution in [1.29, 1.82) is 0 Å². The molecule has 3 N–H and O–H groups in total. The Bertz CT molecular complexity index is 495. The Balaban J connectivity index is 2.19. The number of nitrogens with two attached hydrogens (primary N) is 1. The molecule has 1 unspecified atom stereocenters. The summed E-state index contributed by atoms with van der Waals surface area (Å²) >= 11 is 0. The van der Waals surface area contributed by atoms with E-state index in [9.17, 15) is 4.39 Å². The molecular weight excluding hydrogens is 219 g/mol. The van der Waals surface area contributed by atoms with Crippen molar-refractivity contribution in [1.82, 2.24) is 15.0 Å². The number of aromatic nitrogens is 2. The molecule has 1 heterocycles. The van der Waals surface area contributed by atoms with Crippen molar-refractivity contribution in [3.8, 4) is 0 Å². The number of hydrazine groups is 1. The van der Waals surface area contributed by atoms with E-state index in [1.807, 2.05) is 23.9 Å². The molecule has 0 saturated carbocycles. The second kappa shape index (κ2) is 5.07. The van der Waals surface area contributed by atoms with Crippen LogP contribution in [0.2, 0.25) is 0 Å². The van der Waals surface area contributed by atoms with Crippen LogP contribution in [0.4, 0.5) is 4.39 Å². The van der Waals surface area contributed by atoms with Crippen LogP contribution in [0.3, 0.4) is 0 Å². The first-order chi connectivity index (χ1) is 8.20. The summed E-state index contributed by atoms with van der Waals surface area (Å²) in [6.07, 6.45) is 4.16. The van der Waals surface area contributed by atoms with Crippen LogP contribution in [0.25, 0.3) is 0 Å². The highest BCUT2D eigenvalue weighted by Gasteiger charge is 2.14. The topological polar surface area (TPSA) is 55.9 Å². The van der Waals surface area contributed by atoms with E-state index in [-0.39, 0.29) is 11.9 Å². The highest BCUT2D eigenvalue weighted by atomic mass is 19.1. The standard InChI is InChI=1S/C12H15FN4/c1-17-6-5-15-12(17)11(16-14)8-9-3-2-4-10(13)7-9/h2-7,11,16H,8,14H2,1H3. The highest BCUT2D eigenvalue weighted by Crippen LogP contribution is 2.16. The minimum atomic E-state index is -0.238. The number of rotatable bonds is 4. The smallest absolute Gasteiger partial charge is 0.127 e. The SMILES string of the molecule is Cn1ccnc1C(Cc1cccc(F)c1)NN. The molecule has 0 aliphatic heterocycles. The zero-order valence-corrected chi connectivity index (χ0v) is 9.60. The van der Waals surface area contributed by atoms with Crippen LogP contribution in [0, 0.1) is 5.82 Å². The first kappa shape index (κ1) is 11.8. The monoisotopic (exact) mass is 234 g/mol. The zero-order valence-electron chi connectivity index (χ0n) is 9.60. The molecule has 0 aliphatic rings. The largest absolute Gasteiger partial charge is 0.337 e. The van der Waals surface area contributed by atoms with E-state index in [4.69, 9.17) is 5.84 Å². The van der Waals surface area contributed by atoms with Crippen molar-refractivity contribution in [3.63, 3.8) is 0 Å². The molecular formula is C12H15FN4. The number of hydrogen-bond acceptors (Lipinski definition) is 3. The fourth-order valence-electron chi connectivity index (χ4n) is 1.84. The molecule has 0 bridgehead atoms. The Kier molecular flexibility index (Phi) is 3.51. The summed E-state index contributed by atoms with van der Waals surface area (Å²) in [7, 11) is 1.90. The predicted molar refractivity (Wildman–Crippen MR) is 63.4 cm³/mol. The molecule has 1 aromatic carbocycles. The third-order valence-electron chi connectivity index (χ3n) is 2.70. The fourth-order valence-corrected chi connectivity index (χ4v) is 1.84. The first-order valence-electron chi connectivity index (χ1n) is 5.38. The maximum Gasteiger partial charge on any atom is 0.127 e. The molecule has 1 aromatic heterocycles. The molecule has 17 heavy (non-hydrogen) atoms. The highest BCUT2D eigenvalue weighted by molar-refractivity contribution is 5.18. The van der Waals surface area contributed by atoms with E-state index < -0.39 is 0 Å². The van der Waals surface area contributed by atoms with E-state index >= 15 is 0 Å². The first-order valence-corrected chi connectivity index (χ1v) is 5.38. The van der Waals surface area contributed by atoms with E-state index in [1.54, 1.807) is 12.3 Å². The van der Waals surface area contributed by atoms with Crippen molar-refractivity contribution < 1.29 is 4.39 Å². The molecule has 5 heteroatoms. The number of nitrogens with zero attached hydrogens (tertiary/aromatic N) is 2. The molecule has 0 amide bonds. The minimum absolute atomic E-state index is 0.128. The molecule has 4 nitrogen and oxygen atoms in total. The van der Waals surface area contributed by atoms with Crippen LogP contribution >= 0.6 is 0 Å². The maximum absolute atomic E-state index is 13.1. The summed E-state index contributed by atoms with van der Waals surface area (Å²) < 4.78 is 15.0. The lowest BCUT2D eigenvalue weighted by atomic mass is 10.1. The lowest BCUT2D eigenvalue weighted by molar-refractivity contribution is 0.505. The molecule has 0 saturated heterocycles. The second-order valence-electron chi connectivity index (χ2n) is 3.95. The quantitative estimate of drug-likeness (QED) is 0.619. The van der Waals surface area contributed by atoms with E-state index in [2.05, 4.69) is 10.4 Å². The molecule has 2 aromatic rings. The van der Waals surface area contributed by atoms with Gasteiger partial charge in [0.05, 0.1) is 6.04 Å². The summed E-state index contributed by atoms with van der Waals surface area (Å²) in [6.45, 7) is 0. The van der Waals surface area contributed by atoms with Crippen LogP contribution in [0.15, 0.2) is 36.7 Å². The molecule has 2 rings (SSSR count). The number of imidazole rings is 1. The average Bonchev–Trinajstić information content (AvgIpc) is 2.72. The van der Waals surface area contributed by atoms with Gasteiger partial charge >= 0.3 is 0 Å². The van der Waals surface area contributed by atoms with Crippen molar-refractivity contribution in [3.05, 3.63) is 53.9 Å². The number of hydrogen-bond donors (Lipinski definition) is 2. The minimum Gasteiger partial charge on any atom is -0.337 e. The normalized spacial score (nSPS) is 12.6. The van der Waals surface area contributed by atoms with Gasteiger partial charge in [-0.25, -0.2) is 14.8 Å². The Morgan fingerprint density at radius 3 is 2.94 bits per heavy atom. The zero-order chi connectivity index (χ0) is 12.3. The van der Waals surface area contributed by atoms with Crippen LogP contribution in [0.1, 0.15) is 17.4 Å². The molecule has 0 fully saturated rings. The van der Waals surface area contributed by atoms with Gasteiger partial charge in [0.2, 0.25) is 0 Å². The van der Waals surface area contributed by atoms with E-state index in [0.29, 0.717) is 6.42 Å². The molecule has 90 valence electrons. The van der Waals surface area contributed by atoms with Gasteiger partial charge in [0.1, 0.15) is 11.6 Å². The summed E-state index contributed by atoms with van der Waals surface area (Å²) in [4.78, 5) is 4.23. The Morgan fingerprint density at radius 1 is 1.53 bits per heavy atom. The lowest BCUT2D eigenvalue weighted by Gasteiger charge is -2.15. The second-order valence-corrected chi connectivity index (χ2v) is 3.95. The van der Waals surface area contributed by atoms with Gasteiger partial charge in [0, 0.05) is 19.4 Å². The predicted octanol–water partition coefficient (Wildman–Crippen LogP) is 1.31.